The molecule has 2 rings (SSSR count). The van der Waals surface area contributed by atoms with Crippen LogP contribution in [0.15, 0.2) is 18.2 Å². The van der Waals surface area contributed by atoms with Crippen LogP contribution in [-0.4, -0.2) is 24.7 Å². The molecule has 4 nitrogen and oxygen atoms in total. The highest BCUT2D eigenvalue weighted by molar-refractivity contribution is 5.92. The summed E-state index contributed by atoms with van der Waals surface area (Å²) in [4.78, 5) is 12.0. The monoisotopic (exact) mass is 370 g/mol. The van der Waals surface area contributed by atoms with E-state index in [2.05, 4.69) is 10.1 Å². The van der Waals surface area contributed by atoms with E-state index in [4.69, 9.17) is 5.73 Å². The number of hydrogen-bond donors (Lipinski definition) is 2. The van der Waals surface area contributed by atoms with Crippen molar-refractivity contribution in [3.63, 3.8) is 0 Å². The van der Waals surface area contributed by atoms with Gasteiger partial charge in [-0.3, -0.25) is 4.79 Å². The molecule has 1 aromatic rings. The minimum absolute atomic E-state index is 0. The van der Waals surface area contributed by atoms with Crippen LogP contribution < -0.4 is 15.8 Å². The zero-order chi connectivity index (χ0) is 17.0. The second-order valence-electron chi connectivity index (χ2n) is 5.65. The van der Waals surface area contributed by atoms with E-state index in [0.29, 0.717) is 0 Å². The summed E-state index contributed by atoms with van der Waals surface area (Å²) in [5.41, 5.74) is 5.76. The molecule has 0 spiro atoms. The summed E-state index contributed by atoms with van der Waals surface area (Å²) in [5.74, 6) is -1.30. The molecule has 1 aliphatic rings. The highest BCUT2D eigenvalue weighted by Gasteiger charge is 2.29. The molecule has 0 heterocycles. The van der Waals surface area contributed by atoms with Gasteiger partial charge in [0.2, 0.25) is 5.91 Å². The highest BCUT2D eigenvalue weighted by Crippen LogP contribution is 2.30. The largest absolute Gasteiger partial charge is 0.482 e. The molecule has 3 N–H and O–H groups in total. The molecule has 1 aromatic carbocycles. The molecule has 1 saturated carbocycles. The third-order valence-corrected chi connectivity index (χ3v) is 3.77. The van der Waals surface area contributed by atoms with Crippen molar-refractivity contribution in [1.29, 1.82) is 0 Å². The van der Waals surface area contributed by atoms with Gasteiger partial charge in [0, 0.05) is 18.5 Å². The molecule has 1 amide bonds. The third kappa shape index (κ3) is 6.16. The van der Waals surface area contributed by atoms with Gasteiger partial charge < -0.3 is 15.8 Å². The molecule has 0 aromatic heterocycles. The number of carbonyl (C=O) groups excluding carboxylic acids is 1. The van der Waals surface area contributed by atoms with Crippen LogP contribution in [0.1, 0.15) is 25.7 Å². The molecule has 0 unspecified atom stereocenters. The summed E-state index contributed by atoms with van der Waals surface area (Å²) in [5, 5.41) is 2.41. The lowest BCUT2D eigenvalue weighted by Gasteiger charge is -2.17. The van der Waals surface area contributed by atoms with Crippen molar-refractivity contribution in [3.05, 3.63) is 24.0 Å². The molecule has 136 valence electrons. The van der Waals surface area contributed by atoms with E-state index in [-0.39, 0.29) is 42.2 Å². The smallest absolute Gasteiger partial charge is 0.422 e. The predicted molar refractivity (Wildman–Crippen MR) is 83.8 cm³/mol. The van der Waals surface area contributed by atoms with Gasteiger partial charge in [-0.05, 0) is 30.9 Å². The standard InChI is InChI=1S/C15H18F4N2O2.ClH/c16-10-4-5-13(23-8-15(17,18)19)12(7-10)21-14(22)6-9-2-1-3-11(9)20;/h4-5,7,9,11H,1-3,6,8,20H2,(H,21,22);1H/t9-,11+;/m0./s1. The van der Waals surface area contributed by atoms with Crippen LogP contribution >= 0.6 is 12.4 Å². The Labute approximate surface area is 143 Å². The van der Waals surface area contributed by atoms with Crippen molar-refractivity contribution in [2.24, 2.45) is 11.7 Å². The fourth-order valence-corrected chi connectivity index (χ4v) is 2.64. The van der Waals surface area contributed by atoms with Crippen molar-refractivity contribution in [3.8, 4) is 5.75 Å². The first-order chi connectivity index (χ1) is 10.7. The summed E-state index contributed by atoms with van der Waals surface area (Å²) < 4.78 is 54.6. The summed E-state index contributed by atoms with van der Waals surface area (Å²) in [6.07, 6.45) is -1.76. The average molecular weight is 371 g/mol. The van der Waals surface area contributed by atoms with Crippen molar-refractivity contribution in [2.75, 3.05) is 11.9 Å². The molecule has 9 heteroatoms. The number of rotatable bonds is 5. The molecule has 24 heavy (non-hydrogen) atoms. The number of benzene rings is 1. The van der Waals surface area contributed by atoms with E-state index in [1.165, 1.54) is 0 Å². The number of anilines is 1. The summed E-state index contributed by atoms with van der Waals surface area (Å²) in [6.45, 7) is -1.52. The summed E-state index contributed by atoms with van der Waals surface area (Å²) in [7, 11) is 0. The van der Waals surface area contributed by atoms with Gasteiger partial charge in [-0.1, -0.05) is 6.42 Å². The van der Waals surface area contributed by atoms with Gasteiger partial charge in [0.05, 0.1) is 5.69 Å². The number of hydrogen-bond acceptors (Lipinski definition) is 3. The van der Waals surface area contributed by atoms with Gasteiger partial charge in [-0.25, -0.2) is 4.39 Å². The Morgan fingerprint density at radius 2 is 2.04 bits per heavy atom. The quantitative estimate of drug-likeness (QED) is 0.778. The number of nitrogens with one attached hydrogen (secondary N) is 1. The van der Waals surface area contributed by atoms with E-state index in [1.54, 1.807) is 0 Å². The molecule has 0 saturated heterocycles. The maximum Gasteiger partial charge on any atom is 0.422 e. The third-order valence-electron chi connectivity index (χ3n) is 3.77. The first-order valence-corrected chi connectivity index (χ1v) is 7.29. The van der Waals surface area contributed by atoms with E-state index >= 15 is 0 Å². The van der Waals surface area contributed by atoms with Crippen molar-refractivity contribution in [1.82, 2.24) is 0 Å². The van der Waals surface area contributed by atoms with E-state index in [1.807, 2.05) is 0 Å². The first-order valence-electron chi connectivity index (χ1n) is 7.29. The lowest BCUT2D eigenvalue weighted by atomic mass is 10.00. The zero-order valence-electron chi connectivity index (χ0n) is 12.7. The van der Waals surface area contributed by atoms with Gasteiger partial charge in [0.25, 0.3) is 0 Å². The Balaban J connectivity index is 0.00000288. The molecule has 0 aliphatic heterocycles. The molecular formula is C15H19ClF4N2O2. The summed E-state index contributed by atoms with van der Waals surface area (Å²) >= 11 is 0. The van der Waals surface area contributed by atoms with E-state index < -0.39 is 24.5 Å². The molecule has 0 bridgehead atoms. The maximum absolute atomic E-state index is 13.3. The number of carbonyl (C=O) groups is 1. The van der Waals surface area contributed by atoms with Crippen LogP contribution in [0.3, 0.4) is 0 Å². The Kier molecular flexibility index (Phi) is 7.28. The predicted octanol–water partition coefficient (Wildman–Crippen LogP) is 3.64. The van der Waals surface area contributed by atoms with Crippen LogP contribution in [0, 0.1) is 11.7 Å². The first kappa shape index (κ1) is 20.5. The Morgan fingerprint density at radius 3 is 2.62 bits per heavy atom. The minimum atomic E-state index is -4.52. The van der Waals surface area contributed by atoms with Crippen LogP contribution in [0.25, 0.3) is 0 Å². The van der Waals surface area contributed by atoms with Crippen LogP contribution in [0.4, 0.5) is 23.2 Å². The number of amides is 1. The fourth-order valence-electron chi connectivity index (χ4n) is 2.64. The number of halogens is 5. The molecule has 2 atom stereocenters. The lowest BCUT2D eigenvalue weighted by molar-refractivity contribution is -0.153. The summed E-state index contributed by atoms with van der Waals surface area (Å²) in [6, 6.07) is 2.89. The van der Waals surface area contributed by atoms with Gasteiger partial charge >= 0.3 is 6.18 Å². The zero-order valence-corrected chi connectivity index (χ0v) is 13.6. The molecule has 0 radical (unpaired) electrons. The van der Waals surface area contributed by atoms with E-state index in [0.717, 1.165) is 37.5 Å². The number of nitrogens with two attached hydrogens (primary N) is 1. The van der Waals surface area contributed by atoms with Gasteiger partial charge in [-0.15, -0.1) is 12.4 Å². The second kappa shape index (κ2) is 8.53. The number of alkyl halides is 3. The molecule has 1 fully saturated rings. The van der Waals surface area contributed by atoms with Crippen LogP contribution in [0.5, 0.6) is 5.75 Å². The minimum Gasteiger partial charge on any atom is -0.482 e. The van der Waals surface area contributed by atoms with Crippen LogP contribution in [0.2, 0.25) is 0 Å². The molecule has 1 aliphatic carbocycles. The second-order valence-corrected chi connectivity index (χ2v) is 5.65. The topological polar surface area (TPSA) is 64.4 Å². The van der Waals surface area contributed by atoms with Gasteiger partial charge in [0.15, 0.2) is 6.61 Å². The Bertz CT molecular complexity index is 569. The van der Waals surface area contributed by atoms with Gasteiger partial charge in [-0.2, -0.15) is 13.2 Å². The van der Waals surface area contributed by atoms with Crippen molar-refractivity contribution < 1.29 is 27.1 Å². The average Bonchev–Trinajstić information content (AvgIpc) is 2.82. The Hall–Kier alpha value is -1.54. The highest BCUT2D eigenvalue weighted by atomic mass is 35.5. The number of ether oxygens (including phenoxy) is 1. The van der Waals surface area contributed by atoms with Crippen molar-refractivity contribution in [2.45, 2.75) is 37.9 Å². The Morgan fingerprint density at radius 1 is 1.33 bits per heavy atom. The molecular weight excluding hydrogens is 352 g/mol. The SMILES string of the molecule is Cl.N[C@@H]1CCC[C@H]1CC(=O)Nc1cc(F)ccc1OCC(F)(F)F. The maximum atomic E-state index is 13.3. The van der Waals surface area contributed by atoms with Crippen molar-refractivity contribution >= 4 is 24.0 Å². The van der Waals surface area contributed by atoms with Crippen LogP contribution in [-0.2, 0) is 4.79 Å². The lowest BCUT2D eigenvalue weighted by Crippen LogP contribution is -2.28. The van der Waals surface area contributed by atoms with E-state index in [9.17, 15) is 22.4 Å². The fraction of sp³-hybridized carbons (Fsp3) is 0.533. The normalized spacial score (nSPS) is 20.4. The van der Waals surface area contributed by atoms with Gasteiger partial charge in [0.1, 0.15) is 11.6 Å².